The van der Waals surface area contributed by atoms with Crippen molar-refractivity contribution in [3.63, 3.8) is 0 Å². The summed E-state index contributed by atoms with van der Waals surface area (Å²) in [5, 5.41) is 0. The van der Waals surface area contributed by atoms with E-state index in [2.05, 4.69) is 6.08 Å². The summed E-state index contributed by atoms with van der Waals surface area (Å²) in [4.78, 5) is 17.3. The summed E-state index contributed by atoms with van der Waals surface area (Å²) in [5.41, 5.74) is 3.90. The Hall–Kier alpha value is -2.55. The number of nitrogens with zero attached hydrogens (tertiary/aromatic N) is 1. The number of hydrogen-bond acceptors (Lipinski definition) is 2. The first-order valence-corrected chi connectivity index (χ1v) is 8.35. The fourth-order valence-electron chi connectivity index (χ4n) is 3.68. The first-order valence-electron chi connectivity index (χ1n) is 8.35. The number of rotatable bonds is 2. The topological polar surface area (TPSA) is 29.4 Å². The molecule has 1 heterocycles. The van der Waals surface area contributed by atoms with Crippen LogP contribution in [0.2, 0.25) is 0 Å². The largest absolute Gasteiger partial charge is 0.299 e. The minimum atomic E-state index is -0.259. The van der Waals surface area contributed by atoms with Crippen molar-refractivity contribution in [3.05, 3.63) is 77.6 Å². The van der Waals surface area contributed by atoms with E-state index in [-0.39, 0.29) is 23.4 Å². The van der Waals surface area contributed by atoms with E-state index in [4.69, 9.17) is 4.99 Å². The van der Waals surface area contributed by atoms with Crippen LogP contribution in [0.15, 0.2) is 65.7 Å². The summed E-state index contributed by atoms with van der Waals surface area (Å²) >= 11 is 0. The van der Waals surface area contributed by atoms with E-state index in [1.807, 2.05) is 30.3 Å². The van der Waals surface area contributed by atoms with Crippen LogP contribution in [-0.4, -0.2) is 11.5 Å². The maximum atomic E-state index is 13.3. The number of Topliss-reactive ketones (excluding diaryl/α,β-unsaturated/α-hetero) is 1. The summed E-state index contributed by atoms with van der Waals surface area (Å²) in [6.45, 7) is 0. The van der Waals surface area contributed by atoms with Gasteiger partial charge in [-0.15, -0.1) is 0 Å². The number of benzene rings is 2. The zero-order valence-corrected chi connectivity index (χ0v) is 13.3. The van der Waals surface area contributed by atoms with Gasteiger partial charge < -0.3 is 0 Å². The highest BCUT2D eigenvalue weighted by atomic mass is 19.1. The van der Waals surface area contributed by atoms with Crippen molar-refractivity contribution in [2.24, 2.45) is 10.9 Å². The van der Waals surface area contributed by atoms with Crippen molar-refractivity contribution in [2.45, 2.75) is 25.2 Å². The minimum absolute atomic E-state index is 0.0684. The van der Waals surface area contributed by atoms with Gasteiger partial charge in [-0.2, -0.15) is 0 Å². The first-order chi connectivity index (χ1) is 11.7. The van der Waals surface area contributed by atoms with Gasteiger partial charge in [0.1, 0.15) is 11.6 Å². The van der Waals surface area contributed by atoms with E-state index in [0.717, 1.165) is 35.4 Å². The van der Waals surface area contributed by atoms with Crippen molar-refractivity contribution in [2.75, 3.05) is 0 Å². The average molecular weight is 319 g/mol. The standard InChI is InChI=1S/C21H18FNO/c22-16-11-9-14(10-12-16)17-13-19(15-5-2-1-3-6-15)23-18-7-4-8-20(24)21(17)18/h1-3,5-6,9-13,17,21H,4,7-8H2. The van der Waals surface area contributed by atoms with Crippen LogP contribution in [-0.2, 0) is 4.79 Å². The van der Waals surface area contributed by atoms with Crippen LogP contribution >= 0.6 is 0 Å². The molecule has 0 aromatic heterocycles. The molecular formula is C21H18FNO. The number of ketones is 1. The van der Waals surface area contributed by atoms with E-state index in [9.17, 15) is 9.18 Å². The normalized spacial score (nSPS) is 23.3. The Kier molecular flexibility index (Phi) is 3.85. The van der Waals surface area contributed by atoms with Crippen LogP contribution in [0.3, 0.4) is 0 Å². The Morgan fingerprint density at radius 3 is 2.46 bits per heavy atom. The predicted molar refractivity (Wildman–Crippen MR) is 93.3 cm³/mol. The lowest BCUT2D eigenvalue weighted by atomic mass is 9.72. The van der Waals surface area contributed by atoms with Gasteiger partial charge >= 0.3 is 0 Å². The Labute approximate surface area is 140 Å². The molecule has 2 nitrogen and oxygen atoms in total. The highest BCUT2D eigenvalue weighted by Gasteiger charge is 2.37. The molecule has 2 aromatic carbocycles. The quantitative estimate of drug-likeness (QED) is 0.783. The molecule has 2 atom stereocenters. The first kappa shape index (κ1) is 15.0. The van der Waals surface area contributed by atoms with Crippen LogP contribution in [0.5, 0.6) is 0 Å². The highest BCUT2D eigenvalue weighted by molar-refractivity contribution is 6.11. The Morgan fingerprint density at radius 2 is 1.71 bits per heavy atom. The molecule has 0 radical (unpaired) electrons. The van der Waals surface area contributed by atoms with Gasteiger partial charge in [0.25, 0.3) is 0 Å². The van der Waals surface area contributed by atoms with Gasteiger partial charge in [0.05, 0.1) is 11.6 Å². The molecule has 3 heteroatoms. The molecule has 1 aliphatic carbocycles. The van der Waals surface area contributed by atoms with Crippen LogP contribution in [0.1, 0.15) is 36.3 Å². The van der Waals surface area contributed by atoms with Gasteiger partial charge in [-0.05, 0) is 42.2 Å². The van der Waals surface area contributed by atoms with Crippen LogP contribution < -0.4 is 0 Å². The summed E-state index contributed by atoms with van der Waals surface area (Å²) in [6, 6.07) is 16.5. The van der Waals surface area contributed by atoms with Crippen LogP contribution in [0.4, 0.5) is 4.39 Å². The second-order valence-electron chi connectivity index (χ2n) is 6.40. The summed E-state index contributed by atoms with van der Waals surface area (Å²) in [5.74, 6) is -0.277. The fraction of sp³-hybridized carbons (Fsp3) is 0.238. The molecule has 2 aliphatic rings. The smallest absolute Gasteiger partial charge is 0.142 e. The molecule has 1 fully saturated rings. The van der Waals surface area contributed by atoms with E-state index in [1.165, 1.54) is 12.1 Å². The Morgan fingerprint density at radius 1 is 0.958 bits per heavy atom. The average Bonchev–Trinajstić information content (AvgIpc) is 2.62. The molecular weight excluding hydrogens is 301 g/mol. The third kappa shape index (κ3) is 2.71. The number of carbonyl (C=O) groups is 1. The number of allylic oxidation sites excluding steroid dienone is 1. The van der Waals surface area contributed by atoms with E-state index < -0.39 is 0 Å². The van der Waals surface area contributed by atoms with Crippen molar-refractivity contribution in [1.29, 1.82) is 0 Å². The minimum Gasteiger partial charge on any atom is -0.299 e. The molecule has 0 amide bonds. The van der Waals surface area contributed by atoms with Crippen LogP contribution in [0.25, 0.3) is 5.70 Å². The molecule has 0 saturated heterocycles. The summed E-state index contributed by atoms with van der Waals surface area (Å²) in [6.07, 6.45) is 4.40. The monoisotopic (exact) mass is 319 g/mol. The molecule has 1 aliphatic heterocycles. The third-order valence-corrected chi connectivity index (χ3v) is 4.85. The van der Waals surface area contributed by atoms with Crippen molar-refractivity contribution < 1.29 is 9.18 Å². The third-order valence-electron chi connectivity index (χ3n) is 4.85. The molecule has 0 spiro atoms. The van der Waals surface area contributed by atoms with E-state index in [1.54, 1.807) is 12.1 Å². The zero-order valence-electron chi connectivity index (χ0n) is 13.3. The number of halogens is 1. The number of fused-ring (bicyclic) bond motifs is 1. The molecule has 2 unspecified atom stereocenters. The SMILES string of the molecule is O=C1CCCC2=NC(c3ccccc3)=CC(c3ccc(F)cc3)C12. The Balaban J connectivity index is 1.81. The van der Waals surface area contributed by atoms with Gasteiger partial charge in [-0.1, -0.05) is 42.5 Å². The van der Waals surface area contributed by atoms with Crippen molar-refractivity contribution >= 4 is 17.2 Å². The second kappa shape index (κ2) is 6.16. The molecule has 0 bridgehead atoms. The highest BCUT2D eigenvalue weighted by Crippen LogP contribution is 2.40. The van der Waals surface area contributed by atoms with Gasteiger partial charge in [0, 0.05) is 18.1 Å². The van der Waals surface area contributed by atoms with E-state index >= 15 is 0 Å². The van der Waals surface area contributed by atoms with E-state index in [0.29, 0.717) is 6.42 Å². The number of hydrogen-bond donors (Lipinski definition) is 0. The molecule has 120 valence electrons. The van der Waals surface area contributed by atoms with Crippen molar-refractivity contribution in [3.8, 4) is 0 Å². The predicted octanol–water partition coefficient (Wildman–Crippen LogP) is 4.77. The maximum Gasteiger partial charge on any atom is 0.142 e. The van der Waals surface area contributed by atoms with Gasteiger partial charge in [-0.3, -0.25) is 9.79 Å². The lowest BCUT2D eigenvalue weighted by molar-refractivity contribution is -0.121. The second-order valence-corrected chi connectivity index (χ2v) is 6.40. The van der Waals surface area contributed by atoms with Crippen LogP contribution in [0, 0.1) is 11.7 Å². The lowest BCUT2D eigenvalue weighted by Crippen LogP contribution is -2.35. The zero-order chi connectivity index (χ0) is 16.5. The maximum absolute atomic E-state index is 13.3. The lowest BCUT2D eigenvalue weighted by Gasteiger charge is -2.33. The van der Waals surface area contributed by atoms with Crippen molar-refractivity contribution in [1.82, 2.24) is 0 Å². The molecule has 0 N–H and O–H groups in total. The molecule has 4 rings (SSSR count). The fourth-order valence-corrected chi connectivity index (χ4v) is 3.68. The Bertz CT molecular complexity index is 821. The molecule has 2 aromatic rings. The van der Waals surface area contributed by atoms with Gasteiger partial charge in [-0.25, -0.2) is 4.39 Å². The number of aliphatic imine (C=N–C) groups is 1. The van der Waals surface area contributed by atoms with Gasteiger partial charge in [0.2, 0.25) is 0 Å². The molecule has 1 saturated carbocycles. The number of carbonyl (C=O) groups excluding carboxylic acids is 1. The summed E-state index contributed by atoms with van der Waals surface area (Å²) in [7, 11) is 0. The van der Waals surface area contributed by atoms with Gasteiger partial charge in [0.15, 0.2) is 0 Å². The summed E-state index contributed by atoms with van der Waals surface area (Å²) < 4.78 is 13.3. The molecule has 24 heavy (non-hydrogen) atoms.